The van der Waals surface area contributed by atoms with Gasteiger partial charge in [-0.05, 0) is 30.4 Å². The summed E-state index contributed by atoms with van der Waals surface area (Å²) in [5.74, 6) is 0.662. The fourth-order valence-electron chi connectivity index (χ4n) is 4.27. The smallest absolute Gasteiger partial charge is 0.234 e. The Morgan fingerprint density at radius 3 is 2.76 bits per heavy atom. The van der Waals surface area contributed by atoms with Gasteiger partial charge >= 0.3 is 0 Å². The van der Waals surface area contributed by atoms with E-state index >= 15 is 0 Å². The van der Waals surface area contributed by atoms with Crippen LogP contribution in [0.15, 0.2) is 35.5 Å². The topological polar surface area (TPSA) is 67.8 Å². The standard InChI is InChI=1S/C19H22N4OS/c1-18(2)13-9-10-19(18,3)16-15(13)21-17(23-22-16)25-11-14(24)20-12-7-5-4-6-8-12/h4-8,13H,9-11H2,1-3H3,(H,20,24)/t13-,19-/m0/s1. The van der Waals surface area contributed by atoms with Crippen LogP contribution in [-0.4, -0.2) is 26.8 Å². The first-order chi connectivity index (χ1) is 11.9. The van der Waals surface area contributed by atoms with Crippen molar-refractivity contribution < 1.29 is 4.79 Å². The molecule has 1 aromatic carbocycles. The summed E-state index contributed by atoms with van der Waals surface area (Å²) < 4.78 is 0. The zero-order chi connectivity index (χ0) is 17.7. The molecule has 0 radical (unpaired) electrons. The third kappa shape index (κ3) is 2.54. The summed E-state index contributed by atoms with van der Waals surface area (Å²) in [5.41, 5.74) is 3.20. The van der Waals surface area contributed by atoms with Crippen LogP contribution in [0.2, 0.25) is 0 Å². The predicted molar refractivity (Wildman–Crippen MR) is 98.7 cm³/mol. The van der Waals surface area contributed by atoms with E-state index in [0.717, 1.165) is 29.9 Å². The fraction of sp³-hybridized carbons (Fsp3) is 0.474. The van der Waals surface area contributed by atoms with Crippen molar-refractivity contribution in [1.29, 1.82) is 0 Å². The van der Waals surface area contributed by atoms with Crippen molar-refractivity contribution in [2.75, 3.05) is 11.1 Å². The van der Waals surface area contributed by atoms with E-state index in [2.05, 4.69) is 36.3 Å². The number of hydrogen-bond acceptors (Lipinski definition) is 5. The lowest BCUT2D eigenvalue weighted by Gasteiger charge is -2.33. The molecule has 0 saturated heterocycles. The van der Waals surface area contributed by atoms with Gasteiger partial charge in [0.2, 0.25) is 11.1 Å². The molecule has 0 spiro atoms. The summed E-state index contributed by atoms with van der Waals surface area (Å²) in [6.45, 7) is 6.91. The molecule has 1 aromatic heterocycles. The van der Waals surface area contributed by atoms with Gasteiger partial charge in [-0.25, -0.2) is 4.98 Å². The van der Waals surface area contributed by atoms with Gasteiger partial charge in [-0.3, -0.25) is 4.79 Å². The van der Waals surface area contributed by atoms with Crippen molar-refractivity contribution in [3.05, 3.63) is 41.7 Å². The lowest BCUT2D eigenvalue weighted by Crippen LogP contribution is -2.32. The summed E-state index contributed by atoms with van der Waals surface area (Å²) in [5, 5.41) is 12.3. The molecule has 1 N–H and O–H groups in total. The predicted octanol–water partition coefficient (Wildman–Crippen LogP) is 3.78. The average molecular weight is 354 g/mol. The van der Waals surface area contributed by atoms with Crippen molar-refractivity contribution in [2.45, 2.75) is 50.1 Å². The average Bonchev–Trinajstić information content (AvgIpc) is 2.93. The maximum absolute atomic E-state index is 12.1. The highest BCUT2D eigenvalue weighted by Gasteiger charge is 2.61. The van der Waals surface area contributed by atoms with E-state index in [9.17, 15) is 4.79 Å². The molecule has 0 aliphatic heterocycles. The second kappa shape index (κ2) is 5.80. The third-order valence-corrected chi connectivity index (χ3v) is 7.00. The lowest BCUT2D eigenvalue weighted by atomic mass is 9.70. The van der Waals surface area contributed by atoms with Gasteiger partial charge in [-0.1, -0.05) is 50.7 Å². The van der Waals surface area contributed by atoms with E-state index < -0.39 is 0 Å². The molecule has 2 bridgehead atoms. The van der Waals surface area contributed by atoms with Crippen molar-refractivity contribution in [3.63, 3.8) is 0 Å². The van der Waals surface area contributed by atoms with Crippen LogP contribution >= 0.6 is 11.8 Å². The molecule has 2 aliphatic carbocycles. The second-order valence-corrected chi connectivity index (χ2v) is 8.62. The number of benzene rings is 1. The minimum absolute atomic E-state index is 0.0610. The molecule has 0 unspecified atom stereocenters. The van der Waals surface area contributed by atoms with Crippen LogP contribution in [0.5, 0.6) is 0 Å². The number of nitrogens with zero attached hydrogens (tertiary/aromatic N) is 3. The Hall–Kier alpha value is -1.95. The third-order valence-electron chi connectivity index (χ3n) is 6.16. The number of thioether (sulfide) groups is 1. The van der Waals surface area contributed by atoms with E-state index in [1.165, 1.54) is 11.8 Å². The number of rotatable bonds is 4. The van der Waals surface area contributed by atoms with Crippen LogP contribution in [0.4, 0.5) is 5.69 Å². The zero-order valence-corrected chi connectivity index (χ0v) is 15.6. The molecule has 1 saturated carbocycles. The Balaban J connectivity index is 1.46. The maximum atomic E-state index is 12.1. The normalized spacial score (nSPS) is 25.6. The maximum Gasteiger partial charge on any atom is 0.234 e. The molecule has 5 nitrogen and oxygen atoms in total. The number of nitrogens with one attached hydrogen (secondary N) is 1. The SMILES string of the molecule is CC1(C)[C@H]2CC[C@@]1(C)c1nnc(SCC(=O)Nc3ccccc3)nc12. The van der Waals surface area contributed by atoms with Gasteiger partial charge in [0, 0.05) is 17.0 Å². The number of aromatic nitrogens is 3. The number of fused-ring (bicyclic) bond motifs is 5. The van der Waals surface area contributed by atoms with Gasteiger partial charge in [0.25, 0.3) is 0 Å². The minimum atomic E-state index is -0.0610. The molecule has 1 amide bonds. The summed E-state index contributed by atoms with van der Waals surface area (Å²) in [4.78, 5) is 16.9. The van der Waals surface area contributed by atoms with Crippen molar-refractivity contribution in [1.82, 2.24) is 15.2 Å². The van der Waals surface area contributed by atoms with E-state index in [1.54, 1.807) is 0 Å². The van der Waals surface area contributed by atoms with Gasteiger partial charge in [0.1, 0.15) is 0 Å². The van der Waals surface area contributed by atoms with Crippen LogP contribution in [-0.2, 0) is 10.2 Å². The number of carbonyl (C=O) groups excluding carboxylic acids is 1. The van der Waals surface area contributed by atoms with Crippen LogP contribution < -0.4 is 5.32 Å². The van der Waals surface area contributed by atoms with E-state index in [0.29, 0.717) is 11.1 Å². The molecule has 2 aromatic rings. The molecule has 130 valence electrons. The Kier molecular flexibility index (Phi) is 3.83. The molecular weight excluding hydrogens is 332 g/mol. The first-order valence-electron chi connectivity index (χ1n) is 8.64. The molecule has 2 atom stereocenters. The first kappa shape index (κ1) is 16.5. The molecule has 25 heavy (non-hydrogen) atoms. The second-order valence-electron chi connectivity index (χ2n) is 7.68. The first-order valence-corrected chi connectivity index (χ1v) is 9.63. The minimum Gasteiger partial charge on any atom is -0.325 e. The Morgan fingerprint density at radius 1 is 1.24 bits per heavy atom. The van der Waals surface area contributed by atoms with Gasteiger partial charge < -0.3 is 5.32 Å². The van der Waals surface area contributed by atoms with Gasteiger partial charge in [0.05, 0.1) is 17.1 Å². The monoisotopic (exact) mass is 354 g/mol. The largest absolute Gasteiger partial charge is 0.325 e. The molecule has 6 heteroatoms. The highest BCUT2D eigenvalue weighted by atomic mass is 32.2. The van der Waals surface area contributed by atoms with Gasteiger partial charge in [-0.2, -0.15) is 5.10 Å². The molecular formula is C19H22N4OS. The summed E-state index contributed by atoms with van der Waals surface area (Å²) in [6, 6.07) is 9.45. The highest BCUT2D eigenvalue weighted by molar-refractivity contribution is 7.99. The summed E-state index contributed by atoms with van der Waals surface area (Å²) >= 11 is 1.34. The molecule has 4 rings (SSSR count). The summed E-state index contributed by atoms with van der Waals surface area (Å²) in [7, 11) is 0. The van der Waals surface area contributed by atoms with E-state index in [4.69, 9.17) is 4.98 Å². The van der Waals surface area contributed by atoms with Crippen LogP contribution in [0, 0.1) is 5.41 Å². The Labute approximate surface area is 152 Å². The quantitative estimate of drug-likeness (QED) is 0.847. The number of para-hydroxylation sites is 1. The van der Waals surface area contributed by atoms with Crippen LogP contribution in [0.3, 0.4) is 0 Å². The van der Waals surface area contributed by atoms with Crippen LogP contribution in [0.25, 0.3) is 0 Å². The van der Waals surface area contributed by atoms with Crippen molar-refractivity contribution in [2.24, 2.45) is 5.41 Å². The Morgan fingerprint density at radius 2 is 2.00 bits per heavy atom. The van der Waals surface area contributed by atoms with E-state index in [-0.39, 0.29) is 22.5 Å². The van der Waals surface area contributed by atoms with Crippen molar-refractivity contribution in [3.8, 4) is 0 Å². The number of carbonyl (C=O) groups is 1. The fourth-order valence-corrected chi connectivity index (χ4v) is 4.86. The molecule has 2 aliphatic rings. The lowest BCUT2D eigenvalue weighted by molar-refractivity contribution is -0.113. The summed E-state index contributed by atoms with van der Waals surface area (Å²) in [6.07, 6.45) is 2.31. The molecule has 1 fully saturated rings. The highest BCUT2D eigenvalue weighted by Crippen LogP contribution is 2.66. The number of amides is 1. The molecule has 1 heterocycles. The van der Waals surface area contributed by atoms with E-state index in [1.807, 2.05) is 30.3 Å². The number of anilines is 1. The Bertz CT molecular complexity index is 823. The van der Waals surface area contributed by atoms with Crippen LogP contribution in [0.1, 0.15) is 50.9 Å². The number of hydrogen-bond donors (Lipinski definition) is 1. The van der Waals surface area contributed by atoms with Crippen molar-refractivity contribution >= 4 is 23.4 Å². The van der Waals surface area contributed by atoms with Gasteiger partial charge in [0.15, 0.2) is 0 Å². The van der Waals surface area contributed by atoms with Gasteiger partial charge in [-0.15, -0.1) is 5.10 Å². The zero-order valence-electron chi connectivity index (χ0n) is 14.7.